The smallest absolute Gasteiger partial charge is 0.174 e. The van der Waals surface area contributed by atoms with Crippen LogP contribution >= 0.6 is 0 Å². The summed E-state index contributed by atoms with van der Waals surface area (Å²) >= 11 is 0. The van der Waals surface area contributed by atoms with E-state index in [9.17, 15) is 0 Å². The van der Waals surface area contributed by atoms with E-state index in [-0.39, 0.29) is 0 Å². The summed E-state index contributed by atoms with van der Waals surface area (Å²) in [7, 11) is 0. The van der Waals surface area contributed by atoms with Crippen molar-refractivity contribution in [3.63, 3.8) is 0 Å². The molecule has 18 heavy (non-hydrogen) atoms. The van der Waals surface area contributed by atoms with E-state index in [4.69, 9.17) is 10.00 Å². The van der Waals surface area contributed by atoms with Crippen LogP contribution in [0.5, 0.6) is 0 Å². The normalized spacial score (nSPS) is 10.4. The molecule has 0 N–H and O–H groups in total. The summed E-state index contributed by atoms with van der Waals surface area (Å²) in [5.41, 5.74) is 1.96. The van der Waals surface area contributed by atoms with Gasteiger partial charge in [-0.05, 0) is 25.1 Å². The lowest BCUT2D eigenvalue weighted by Gasteiger charge is -2.04. The molecule has 1 heterocycles. The van der Waals surface area contributed by atoms with Gasteiger partial charge in [0.25, 0.3) is 0 Å². The number of aromatic nitrogens is 2. The van der Waals surface area contributed by atoms with Crippen LogP contribution in [-0.4, -0.2) is 22.6 Å². The number of imidazole rings is 1. The molecule has 2 rings (SSSR count). The van der Waals surface area contributed by atoms with E-state index >= 15 is 0 Å². The van der Waals surface area contributed by atoms with Gasteiger partial charge in [-0.2, -0.15) is 5.26 Å². The van der Waals surface area contributed by atoms with Crippen molar-refractivity contribution in [3.8, 4) is 11.8 Å². The molecule has 0 aliphatic heterocycles. The van der Waals surface area contributed by atoms with E-state index in [2.05, 4.69) is 16.0 Å². The fourth-order valence-electron chi connectivity index (χ4n) is 1.47. The first-order valence-electron chi connectivity index (χ1n) is 5.51. The lowest BCUT2D eigenvalue weighted by molar-refractivity contribution is 0.344. The largest absolute Gasteiger partial charge is 0.483 e. The third-order valence-electron chi connectivity index (χ3n) is 2.34. The van der Waals surface area contributed by atoms with E-state index in [1.54, 1.807) is 24.7 Å². The monoisotopic (exact) mass is 240 g/mol. The number of hydrogen-bond acceptors (Lipinski definition) is 4. The molecule has 0 aliphatic carbocycles. The van der Waals surface area contributed by atoms with Crippen molar-refractivity contribution >= 4 is 12.1 Å². The second-order valence-corrected chi connectivity index (χ2v) is 3.47. The molecule has 5 nitrogen and oxygen atoms in total. The van der Waals surface area contributed by atoms with Gasteiger partial charge in [0.15, 0.2) is 6.40 Å². The Balaban J connectivity index is 2.32. The van der Waals surface area contributed by atoms with Gasteiger partial charge in [-0.25, -0.2) is 9.98 Å². The minimum Gasteiger partial charge on any atom is -0.483 e. The van der Waals surface area contributed by atoms with Crippen LogP contribution in [0.1, 0.15) is 12.5 Å². The highest BCUT2D eigenvalue weighted by atomic mass is 16.5. The van der Waals surface area contributed by atoms with E-state index in [0.717, 1.165) is 5.69 Å². The fraction of sp³-hybridized carbons (Fsp3) is 0.154. The quantitative estimate of drug-likeness (QED) is 0.609. The highest BCUT2D eigenvalue weighted by Crippen LogP contribution is 2.21. The van der Waals surface area contributed by atoms with Crippen LogP contribution in [0.3, 0.4) is 0 Å². The van der Waals surface area contributed by atoms with Crippen molar-refractivity contribution in [2.24, 2.45) is 4.99 Å². The van der Waals surface area contributed by atoms with Gasteiger partial charge >= 0.3 is 0 Å². The highest BCUT2D eigenvalue weighted by molar-refractivity contribution is 5.64. The predicted molar refractivity (Wildman–Crippen MR) is 68.1 cm³/mol. The summed E-state index contributed by atoms with van der Waals surface area (Å²) in [6, 6.07) is 7.54. The Hall–Kier alpha value is -2.61. The zero-order valence-electron chi connectivity index (χ0n) is 9.95. The first kappa shape index (κ1) is 11.9. The number of ether oxygens (including phenoxy) is 1. The maximum absolute atomic E-state index is 9.11. The minimum atomic E-state index is 0.497. The highest BCUT2D eigenvalue weighted by Gasteiger charge is 2.03. The third-order valence-corrected chi connectivity index (χ3v) is 2.34. The molecule has 0 saturated carbocycles. The number of benzene rings is 1. The molecule has 0 amide bonds. The molecule has 0 aliphatic rings. The van der Waals surface area contributed by atoms with Gasteiger partial charge in [0.2, 0.25) is 0 Å². The van der Waals surface area contributed by atoms with Crippen LogP contribution < -0.4 is 0 Å². The molecule has 0 unspecified atom stereocenters. The number of aliphatic imine (C=N–C) groups is 1. The van der Waals surface area contributed by atoms with E-state index in [0.29, 0.717) is 17.9 Å². The van der Waals surface area contributed by atoms with Crippen LogP contribution in [0.2, 0.25) is 0 Å². The Morgan fingerprint density at radius 1 is 1.56 bits per heavy atom. The van der Waals surface area contributed by atoms with Gasteiger partial charge in [-0.15, -0.1) is 0 Å². The second-order valence-electron chi connectivity index (χ2n) is 3.47. The number of rotatable bonds is 4. The zero-order chi connectivity index (χ0) is 12.8. The lowest BCUT2D eigenvalue weighted by Crippen LogP contribution is -1.91. The topological polar surface area (TPSA) is 63.2 Å². The van der Waals surface area contributed by atoms with Crippen molar-refractivity contribution in [3.05, 3.63) is 42.5 Å². The molecule has 1 aromatic heterocycles. The lowest BCUT2D eigenvalue weighted by atomic mass is 10.2. The molecule has 0 radical (unpaired) electrons. The van der Waals surface area contributed by atoms with E-state index in [1.807, 2.05) is 23.8 Å². The summed E-state index contributed by atoms with van der Waals surface area (Å²) in [5.74, 6) is 0. The Morgan fingerprint density at radius 2 is 2.44 bits per heavy atom. The maximum Gasteiger partial charge on any atom is 0.174 e. The third kappa shape index (κ3) is 2.55. The number of nitriles is 1. The molecule has 0 fully saturated rings. The van der Waals surface area contributed by atoms with Gasteiger partial charge in [0.1, 0.15) is 6.07 Å². The second kappa shape index (κ2) is 5.64. The molecule has 0 atom stereocenters. The molecule has 90 valence electrons. The van der Waals surface area contributed by atoms with Crippen molar-refractivity contribution in [2.45, 2.75) is 6.92 Å². The molecule has 0 spiro atoms. The maximum atomic E-state index is 9.11. The standard InChI is InChI=1S/C13H12N4O/c1-2-18-10-16-13-4-3-12(7-11(13)8-14)17-6-5-15-9-17/h3-7,9-10H,2H2,1H3. The van der Waals surface area contributed by atoms with Crippen LogP contribution in [0.25, 0.3) is 5.69 Å². The van der Waals surface area contributed by atoms with Crippen LogP contribution in [0, 0.1) is 11.3 Å². The van der Waals surface area contributed by atoms with Gasteiger partial charge in [0, 0.05) is 18.1 Å². The van der Waals surface area contributed by atoms with Gasteiger partial charge in [-0.3, -0.25) is 0 Å². The Labute approximate surface area is 105 Å². The molecule has 2 aromatic rings. The Bertz CT molecular complexity index is 582. The van der Waals surface area contributed by atoms with Crippen molar-refractivity contribution < 1.29 is 4.74 Å². The molecular weight excluding hydrogens is 228 g/mol. The molecular formula is C13H12N4O. The minimum absolute atomic E-state index is 0.497. The predicted octanol–water partition coefficient (Wildman–Crippen LogP) is 2.44. The van der Waals surface area contributed by atoms with Crippen LogP contribution in [0.4, 0.5) is 5.69 Å². The van der Waals surface area contributed by atoms with Crippen LogP contribution in [-0.2, 0) is 4.74 Å². The average molecular weight is 240 g/mol. The SMILES string of the molecule is CCOC=Nc1ccc(-n2ccnc2)cc1C#N. The summed E-state index contributed by atoms with van der Waals surface area (Å²) in [6.07, 6.45) is 6.54. The summed E-state index contributed by atoms with van der Waals surface area (Å²) in [5, 5.41) is 9.11. The van der Waals surface area contributed by atoms with E-state index < -0.39 is 0 Å². The number of hydrogen-bond donors (Lipinski definition) is 0. The van der Waals surface area contributed by atoms with Crippen LogP contribution in [0.15, 0.2) is 41.9 Å². The van der Waals surface area contributed by atoms with Crippen molar-refractivity contribution in [2.75, 3.05) is 6.61 Å². The number of nitrogens with zero attached hydrogens (tertiary/aromatic N) is 4. The van der Waals surface area contributed by atoms with Gasteiger partial charge < -0.3 is 9.30 Å². The van der Waals surface area contributed by atoms with Gasteiger partial charge in [-0.1, -0.05) is 0 Å². The molecule has 5 heteroatoms. The summed E-state index contributed by atoms with van der Waals surface area (Å²) in [6.45, 7) is 2.43. The van der Waals surface area contributed by atoms with Crippen molar-refractivity contribution in [1.29, 1.82) is 5.26 Å². The average Bonchev–Trinajstić information content (AvgIpc) is 2.93. The van der Waals surface area contributed by atoms with Crippen molar-refractivity contribution in [1.82, 2.24) is 9.55 Å². The Morgan fingerprint density at radius 3 is 3.11 bits per heavy atom. The van der Waals surface area contributed by atoms with Gasteiger partial charge in [0.05, 0.1) is 24.2 Å². The zero-order valence-corrected chi connectivity index (χ0v) is 9.95. The Kier molecular flexibility index (Phi) is 3.72. The first-order chi connectivity index (χ1) is 8.85. The molecule has 1 aromatic carbocycles. The summed E-state index contributed by atoms with van der Waals surface area (Å²) in [4.78, 5) is 8.06. The first-order valence-corrected chi connectivity index (χ1v) is 5.51. The summed E-state index contributed by atoms with van der Waals surface area (Å²) < 4.78 is 6.85. The molecule has 0 bridgehead atoms. The fourth-order valence-corrected chi connectivity index (χ4v) is 1.47. The van der Waals surface area contributed by atoms with E-state index in [1.165, 1.54) is 6.40 Å². The molecule has 0 saturated heterocycles.